The average molecular weight is 284 g/mol. The molecule has 0 unspecified atom stereocenters. The number of anilines is 1. The van der Waals surface area contributed by atoms with E-state index in [1.54, 1.807) is 6.07 Å². The molecule has 0 saturated carbocycles. The van der Waals surface area contributed by atoms with Crippen LogP contribution < -0.4 is 11.1 Å². The van der Waals surface area contributed by atoms with Crippen LogP contribution in [0.2, 0.25) is 0 Å². The summed E-state index contributed by atoms with van der Waals surface area (Å²) in [7, 11) is 0. The number of rotatable bonds is 2. The molecule has 4 N–H and O–H groups in total. The Balaban J connectivity index is 2.02. The molecular formula is C16H20N4O. The molecule has 5 nitrogen and oxygen atoms in total. The summed E-state index contributed by atoms with van der Waals surface area (Å²) in [5, 5.41) is 13.4. The summed E-state index contributed by atoms with van der Waals surface area (Å²) in [6, 6.07) is 7.44. The van der Waals surface area contributed by atoms with Gasteiger partial charge in [-0.05, 0) is 51.1 Å². The normalized spacial score (nSPS) is 16.0. The van der Waals surface area contributed by atoms with Gasteiger partial charge in [0.05, 0.1) is 5.69 Å². The van der Waals surface area contributed by atoms with E-state index < -0.39 is 0 Å². The minimum Gasteiger partial charge on any atom is -0.507 e. The Morgan fingerprint density at radius 2 is 1.95 bits per heavy atom. The standard InChI is InChI=1S/C16H20N4O/c1-10-2-3-15(21)12(8-10)14-9-13(19-16(17)20-14)11-4-6-18-7-5-11/h2-3,8-9,11,18,21H,4-7H2,1H3,(H2,17,19,20). The molecule has 1 aliphatic heterocycles. The van der Waals surface area contributed by atoms with Crippen molar-refractivity contribution in [2.45, 2.75) is 25.7 Å². The first-order valence-electron chi connectivity index (χ1n) is 7.28. The van der Waals surface area contributed by atoms with Gasteiger partial charge in [-0.1, -0.05) is 11.6 Å². The number of piperidine rings is 1. The zero-order chi connectivity index (χ0) is 14.8. The first-order valence-corrected chi connectivity index (χ1v) is 7.28. The molecule has 2 heterocycles. The zero-order valence-corrected chi connectivity index (χ0v) is 12.1. The van der Waals surface area contributed by atoms with Gasteiger partial charge in [0.2, 0.25) is 5.95 Å². The van der Waals surface area contributed by atoms with Crippen molar-refractivity contribution in [3.05, 3.63) is 35.5 Å². The lowest BCUT2D eigenvalue weighted by molar-refractivity contribution is 0.453. The third-order valence-corrected chi connectivity index (χ3v) is 3.95. The molecule has 0 bridgehead atoms. The van der Waals surface area contributed by atoms with Gasteiger partial charge in [-0.2, -0.15) is 0 Å². The molecule has 0 spiro atoms. The molecule has 110 valence electrons. The maximum atomic E-state index is 10.1. The van der Waals surface area contributed by atoms with Gasteiger partial charge in [0, 0.05) is 17.2 Å². The fourth-order valence-corrected chi connectivity index (χ4v) is 2.81. The van der Waals surface area contributed by atoms with Crippen molar-refractivity contribution in [1.82, 2.24) is 15.3 Å². The van der Waals surface area contributed by atoms with E-state index in [0.717, 1.165) is 37.2 Å². The van der Waals surface area contributed by atoms with Crippen molar-refractivity contribution in [3.8, 4) is 17.0 Å². The Labute approximate surface area is 124 Å². The van der Waals surface area contributed by atoms with Gasteiger partial charge in [-0.3, -0.25) is 0 Å². The smallest absolute Gasteiger partial charge is 0.220 e. The molecule has 5 heteroatoms. The molecule has 1 aromatic carbocycles. The molecule has 3 rings (SSSR count). The Hall–Kier alpha value is -2.14. The second-order valence-electron chi connectivity index (χ2n) is 5.58. The van der Waals surface area contributed by atoms with Crippen LogP contribution in [0, 0.1) is 6.92 Å². The average Bonchev–Trinajstić information content (AvgIpc) is 2.50. The van der Waals surface area contributed by atoms with Crippen LogP contribution >= 0.6 is 0 Å². The number of aromatic nitrogens is 2. The molecular weight excluding hydrogens is 264 g/mol. The first kappa shape index (κ1) is 13.8. The Kier molecular flexibility index (Phi) is 3.75. The summed E-state index contributed by atoms with van der Waals surface area (Å²) in [5.41, 5.74) is 9.32. The SMILES string of the molecule is Cc1ccc(O)c(-c2cc(C3CCNCC3)nc(N)n2)c1. The van der Waals surface area contributed by atoms with Gasteiger partial charge in [0.15, 0.2) is 0 Å². The van der Waals surface area contributed by atoms with Crippen LogP contribution in [-0.2, 0) is 0 Å². The number of nitrogens with one attached hydrogen (secondary N) is 1. The van der Waals surface area contributed by atoms with Crippen LogP contribution in [0.5, 0.6) is 5.75 Å². The lowest BCUT2D eigenvalue weighted by atomic mass is 9.93. The van der Waals surface area contributed by atoms with Gasteiger partial charge in [-0.15, -0.1) is 0 Å². The van der Waals surface area contributed by atoms with Gasteiger partial charge in [0.25, 0.3) is 0 Å². The van der Waals surface area contributed by atoms with E-state index in [-0.39, 0.29) is 11.7 Å². The summed E-state index contributed by atoms with van der Waals surface area (Å²) in [5.74, 6) is 0.888. The summed E-state index contributed by atoms with van der Waals surface area (Å²) in [6.45, 7) is 3.99. The van der Waals surface area contributed by atoms with Gasteiger partial charge < -0.3 is 16.2 Å². The number of aromatic hydroxyl groups is 1. The Morgan fingerprint density at radius 3 is 2.71 bits per heavy atom. The molecule has 0 aliphatic carbocycles. The van der Waals surface area contributed by atoms with Crippen molar-refractivity contribution in [3.63, 3.8) is 0 Å². The second kappa shape index (κ2) is 5.69. The van der Waals surface area contributed by atoms with Crippen LogP contribution in [0.1, 0.15) is 30.0 Å². The number of phenolic OH excluding ortho intramolecular Hbond substituents is 1. The fourth-order valence-electron chi connectivity index (χ4n) is 2.81. The van der Waals surface area contributed by atoms with E-state index in [0.29, 0.717) is 17.2 Å². The van der Waals surface area contributed by atoms with Gasteiger partial charge >= 0.3 is 0 Å². The van der Waals surface area contributed by atoms with E-state index in [4.69, 9.17) is 5.73 Å². The van der Waals surface area contributed by atoms with Crippen LogP contribution in [-0.4, -0.2) is 28.2 Å². The number of nitrogens with zero attached hydrogens (tertiary/aromatic N) is 2. The third-order valence-electron chi connectivity index (χ3n) is 3.95. The van der Waals surface area contributed by atoms with E-state index >= 15 is 0 Å². The number of aryl methyl sites for hydroxylation is 1. The fraction of sp³-hybridized carbons (Fsp3) is 0.375. The second-order valence-corrected chi connectivity index (χ2v) is 5.58. The van der Waals surface area contributed by atoms with E-state index in [9.17, 15) is 5.11 Å². The van der Waals surface area contributed by atoms with E-state index in [1.165, 1.54) is 0 Å². The number of nitrogens with two attached hydrogens (primary N) is 1. The number of benzene rings is 1. The predicted octanol–water partition coefficient (Wildman–Crippen LogP) is 2.21. The van der Waals surface area contributed by atoms with Crippen molar-refractivity contribution < 1.29 is 5.11 Å². The van der Waals surface area contributed by atoms with Crippen molar-refractivity contribution in [2.24, 2.45) is 0 Å². The van der Waals surface area contributed by atoms with Crippen LogP contribution in [0.25, 0.3) is 11.3 Å². The maximum absolute atomic E-state index is 10.1. The topological polar surface area (TPSA) is 84.1 Å². The van der Waals surface area contributed by atoms with Crippen molar-refractivity contribution >= 4 is 5.95 Å². The first-order chi connectivity index (χ1) is 10.1. The van der Waals surface area contributed by atoms with Crippen molar-refractivity contribution in [1.29, 1.82) is 0 Å². The maximum Gasteiger partial charge on any atom is 0.220 e. The lowest BCUT2D eigenvalue weighted by Crippen LogP contribution is -2.27. The highest BCUT2D eigenvalue weighted by molar-refractivity contribution is 5.68. The molecule has 1 fully saturated rings. The highest BCUT2D eigenvalue weighted by atomic mass is 16.3. The van der Waals surface area contributed by atoms with Crippen LogP contribution in [0.4, 0.5) is 5.95 Å². The molecule has 1 aliphatic rings. The quantitative estimate of drug-likeness (QED) is 0.787. The highest BCUT2D eigenvalue weighted by Crippen LogP contribution is 2.32. The summed E-state index contributed by atoms with van der Waals surface area (Å²) < 4.78 is 0. The molecule has 2 aromatic rings. The van der Waals surface area contributed by atoms with Gasteiger partial charge in [0.1, 0.15) is 5.75 Å². The monoisotopic (exact) mass is 284 g/mol. The molecule has 0 radical (unpaired) electrons. The summed E-state index contributed by atoms with van der Waals surface area (Å²) in [6.07, 6.45) is 2.10. The molecule has 21 heavy (non-hydrogen) atoms. The minimum atomic E-state index is 0.218. The minimum absolute atomic E-state index is 0.218. The molecule has 0 amide bonds. The van der Waals surface area contributed by atoms with Crippen molar-refractivity contribution in [2.75, 3.05) is 18.8 Å². The number of nitrogen functional groups attached to an aromatic ring is 1. The predicted molar refractivity (Wildman–Crippen MR) is 83.1 cm³/mol. The lowest BCUT2D eigenvalue weighted by Gasteiger charge is -2.22. The number of phenols is 1. The molecule has 0 atom stereocenters. The number of hydrogen-bond acceptors (Lipinski definition) is 5. The van der Waals surface area contributed by atoms with Crippen LogP contribution in [0.3, 0.4) is 0 Å². The Morgan fingerprint density at radius 1 is 1.19 bits per heavy atom. The summed E-state index contributed by atoms with van der Waals surface area (Å²) in [4.78, 5) is 8.68. The zero-order valence-electron chi connectivity index (χ0n) is 12.1. The third kappa shape index (κ3) is 2.97. The van der Waals surface area contributed by atoms with E-state index in [2.05, 4.69) is 15.3 Å². The highest BCUT2D eigenvalue weighted by Gasteiger charge is 2.19. The van der Waals surface area contributed by atoms with Gasteiger partial charge in [-0.25, -0.2) is 9.97 Å². The van der Waals surface area contributed by atoms with E-state index in [1.807, 2.05) is 25.1 Å². The van der Waals surface area contributed by atoms with Crippen LogP contribution in [0.15, 0.2) is 24.3 Å². The molecule has 1 aromatic heterocycles. The number of hydrogen-bond donors (Lipinski definition) is 3. The Bertz CT molecular complexity index is 651. The largest absolute Gasteiger partial charge is 0.507 e. The summed E-state index contributed by atoms with van der Waals surface area (Å²) >= 11 is 0. The molecule has 1 saturated heterocycles.